The molecule has 0 fully saturated rings. The Labute approximate surface area is 249 Å². The summed E-state index contributed by atoms with van der Waals surface area (Å²) >= 11 is 0. The van der Waals surface area contributed by atoms with Crippen molar-refractivity contribution in [3.05, 3.63) is 174 Å². The van der Waals surface area contributed by atoms with E-state index in [9.17, 15) is 0 Å². The summed E-state index contributed by atoms with van der Waals surface area (Å²) in [6.07, 6.45) is 0. The largest absolute Gasteiger partial charge is 0.450 e. The van der Waals surface area contributed by atoms with Crippen LogP contribution in [0.1, 0.15) is 22.3 Å². The topological polar surface area (TPSA) is 31.4 Å². The Morgan fingerprint density at radius 1 is 0.442 bits per heavy atom. The maximum Gasteiger partial charge on any atom is 0.170 e. The van der Waals surface area contributed by atoms with Gasteiger partial charge in [0.1, 0.15) is 0 Å². The average molecular weight is 552 g/mol. The molecule has 1 aromatic heterocycles. The highest BCUT2D eigenvalue weighted by molar-refractivity contribution is 5.88. The molecule has 9 rings (SSSR count). The van der Waals surface area contributed by atoms with Gasteiger partial charge in [-0.15, -0.1) is 0 Å². The molecular formula is C40H25NO2. The molecular weight excluding hydrogens is 526 g/mol. The van der Waals surface area contributed by atoms with Gasteiger partial charge in [-0.25, -0.2) is 4.98 Å². The summed E-state index contributed by atoms with van der Waals surface area (Å²) in [5.41, 5.74) is 9.60. The van der Waals surface area contributed by atoms with Gasteiger partial charge in [-0.3, -0.25) is 0 Å². The van der Waals surface area contributed by atoms with E-state index in [1.807, 2.05) is 36.4 Å². The number of para-hydroxylation sites is 1. The van der Waals surface area contributed by atoms with Gasteiger partial charge in [-0.1, -0.05) is 109 Å². The van der Waals surface area contributed by atoms with Crippen molar-refractivity contribution in [1.29, 1.82) is 0 Å². The standard InChI is InChI=1S/C40H25NO2/c1-3-12-28(13-4-1)40(29-14-5-2-6-15-29)32-17-9-8-16-30(32)31-24-38-39(25-33(31)40)42-36-22-20-27(23-37(36)43-38)35-21-19-26-11-7-10-18-34(26)41-35/h1-25H. The lowest BCUT2D eigenvalue weighted by atomic mass is 9.67. The third-order valence-electron chi connectivity index (χ3n) is 8.80. The third-order valence-corrected chi connectivity index (χ3v) is 8.80. The molecule has 0 radical (unpaired) electrons. The third kappa shape index (κ3) is 3.52. The van der Waals surface area contributed by atoms with Crippen molar-refractivity contribution in [2.75, 3.05) is 0 Å². The highest BCUT2D eigenvalue weighted by atomic mass is 16.6. The molecule has 0 N–H and O–H groups in total. The summed E-state index contributed by atoms with van der Waals surface area (Å²) in [5.74, 6) is 2.80. The molecule has 0 spiro atoms. The lowest BCUT2D eigenvalue weighted by Crippen LogP contribution is -2.28. The van der Waals surface area contributed by atoms with Crippen LogP contribution < -0.4 is 9.47 Å². The molecule has 43 heavy (non-hydrogen) atoms. The number of pyridine rings is 1. The summed E-state index contributed by atoms with van der Waals surface area (Å²) in [4.78, 5) is 4.89. The minimum atomic E-state index is -0.487. The zero-order valence-corrected chi connectivity index (χ0v) is 23.2. The fourth-order valence-electron chi connectivity index (χ4n) is 6.90. The van der Waals surface area contributed by atoms with Crippen LogP contribution >= 0.6 is 0 Å². The highest BCUT2D eigenvalue weighted by Gasteiger charge is 2.47. The predicted molar refractivity (Wildman–Crippen MR) is 171 cm³/mol. The fraction of sp³-hybridized carbons (Fsp3) is 0.0250. The van der Waals surface area contributed by atoms with Crippen molar-refractivity contribution < 1.29 is 9.47 Å². The SMILES string of the molecule is c1ccc(C2(c3ccccc3)c3ccccc3-c3cc4c(cc32)Oc2ccc(-c3ccc5ccccc5n3)cc2O4)cc1. The van der Waals surface area contributed by atoms with Gasteiger partial charge in [-0.2, -0.15) is 0 Å². The Kier molecular flexibility index (Phi) is 5.11. The first kappa shape index (κ1) is 24.0. The zero-order chi connectivity index (χ0) is 28.4. The number of hydrogen-bond donors (Lipinski definition) is 0. The predicted octanol–water partition coefficient (Wildman–Crippen LogP) is 10.2. The van der Waals surface area contributed by atoms with E-state index in [1.165, 1.54) is 27.8 Å². The molecule has 0 saturated heterocycles. The first-order valence-electron chi connectivity index (χ1n) is 14.5. The second kappa shape index (κ2) is 9.17. The van der Waals surface area contributed by atoms with Crippen molar-refractivity contribution in [2.24, 2.45) is 0 Å². The molecule has 3 nitrogen and oxygen atoms in total. The quantitative estimate of drug-likeness (QED) is 0.219. The second-order valence-electron chi connectivity index (χ2n) is 11.1. The van der Waals surface area contributed by atoms with Gasteiger partial charge in [0.2, 0.25) is 0 Å². The number of fused-ring (bicyclic) bond motifs is 6. The van der Waals surface area contributed by atoms with Crippen LogP contribution in [0.4, 0.5) is 0 Å². The van der Waals surface area contributed by atoms with Crippen LogP contribution in [-0.2, 0) is 5.41 Å². The summed E-state index contributed by atoms with van der Waals surface area (Å²) < 4.78 is 13.2. The molecule has 0 atom stereocenters. The van der Waals surface area contributed by atoms with Crippen molar-refractivity contribution in [1.82, 2.24) is 4.98 Å². The molecule has 0 saturated carbocycles. The Hall–Kier alpha value is -5.67. The van der Waals surface area contributed by atoms with Gasteiger partial charge in [0.25, 0.3) is 0 Å². The van der Waals surface area contributed by atoms with Gasteiger partial charge in [0, 0.05) is 10.9 Å². The number of nitrogens with zero attached hydrogens (tertiary/aromatic N) is 1. The Balaban J connectivity index is 1.20. The summed E-state index contributed by atoms with van der Waals surface area (Å²) in [5, 5.41) is 1.12. The van der Waals surface area contributed by atoms with Gasteiger partial charge >= 0.3 is 0 Å². The molecule has 1 aliphatic heterocycles. The van der Waals surface area contributed by atoms with Crippen LogP contribution in [-0.4, -0.2) is 4.98 Å². The van der Waals surface area contributed by atoms with Gasteiger partial charge in [0.05, 0.1) is 16.6 Å². The minimum Gasteiger partial charge on any atom is -0.450 e. The van der Waals surface area contributed by atoms with E-state index >= 15 is 0 Å². The van der Waals surface area contributed by atoms with E-state index in [1.54, 1.807) is 0 Å². The molecule has 3 heteroatoms. The van der Waals surface area contributed by atoms with Crippen molar-refractivity contribution in [3.8, 4) is 45.4 Å². The van der Waals surface area contributed by atoms with E-state index in [0.29, 0.717) is 23.0 Å². The first-order chi connectivity index (χ1) is 21.3. The summed E-state index contributed by atoms with van der Waals surface area (Å²) in [6.45, 7) is 0. The monoisotopic (exact) mass is 551 g/mol. The Morgan fingerprint density at radius 3 is 1.91 bits per heavy atom. The zero-order valence-electron chi connectivity index (χ0n) is 23.2. The Morgan fingerprint density at radius 2 is 1.09 bits per heavy atom. The fourth-order valence-corrected chi connectivity index (χ4v) is 6.90. The minimum absolute atomic E-state index is 0.487. The smallest absolute Gasteiger partial charge is 0.170 e. The number of aromatic nitrogens is 1. The van der Waals surface area contributed by atoms with Crippen LogP contribution in [0.15, 0.2) is 152 Å². The molecule has 0 amide bonds. The number of rotatable bonds is 3. The van der Waals surface area contributed by atoms with E-state index in [-0.39, 0.29) is 0 Å². The van der Waals surface area contributed by atoms with Crippen molar-refractivity contribution >= 4 is 10.9 Å². The summed E-state index contributed by atoms with van der Waals surface area (Å²) in [6, 6.07) is 53.0. The highest BCUT2D eigenvalue weighted by Crippen LogP contribution is 2.59. The van der Waals surface area contributed by atoms with E-state index < -0.39 is 5.41 Å². The first-order valence-corrected chi connectivity index (χ1v) is 14.5. The van der Waals surface area contributed by atoms with E-state index in [2.05, 4.69) is 115 Å². The summed E-state index contributed by atoms with van der Waals surface area (Å²) in [7, 11) is 0. The average Bonchev–Trinajstić information content (AvgIpc) is 3.36. The lowest BCUT2D eigenvalue weighted by molar-refractivity contribution is 0.359. The maximum absolute atomic E-state index is 6.59. The lowest BCUT2D eigenvalue weighted by Gasteiger charge is -2.34. The van der Waals surface area contributed by atoms with Crippen molar-refractivity contribution in [2.45, 2.75) is 5.41 Å². The van der Waals surface area contributed by atoms with Crippen LogP contribution in [0.5, 0.6) is 23.0 Å². The number of ether oxygens (including phenoxy) is 2. The van der Waals surface area contributed by atoms with Crippen LogP contribution in [0, 0.1) is 0 Å². The second-order valence-corrected chi connectivity index (χ2v) is 11.1. The molecule has 1 aliphatic carbocycles. The maximum atomic E-state index is 6.59. The molecule has 7 aromatic rings. The Bertz CT molecular complexity index is 2150. The molecule has 6 aromatic carbocycles. The number of hydrogen-bond acceptors (Lipinski definition) is 3. The van der Waals surface area contributed by atoms with E-state index in [4.69, 9.17) is 14.5 Å². The molecule has 2 heterocycles. The molecule has 0 unspecified atom stereocenters. The van der Waals surface area contributed by atoms with Crippen molar-refractivity contribution in [3.63, 3.8) is 0 Å². The van der Waals surface area contributed by atoms with Crippen LogP contribution in [0.3, 0.4) is 0 Å². The van der Waals surface area contributed by atoms with Gasteiger partial charge < -0.3 is 9.47 Å². The van der Waals surface area contributed by atoms with Crippen LogP contribution in [0.2, 0.25) is 0 Å². The molecule has 2 aliphatic rings. The van der Waals surface area contributed by atoms with Gasteiger partial charge in [0.15, 0.2) is 23.0 Å². The normalized spacial score (nSPS) is 13.7. The molecule has 202 valence electrons. The van der Waals surface area contributed by atoms with Gasteiger partial charge in [-0.05, 0) is 75.8 Å². The van der Waals surface area contributed by atoms with E-state index in [0.717, 1.165) is 27.7 Å². The molecule has 0 bridgehead atoms. The van der Waals surface area contributed by atoms with Crippen LogP contribution in [0.25, 0.3) is 33.3 Å². The number of benzene rings is 6.